The molecule has 0 spiro atoms. The van der Waals surface area contributed by atoms with Crippen LogP contribution in [0.2, 0.25) is 0 Å². The van der Waals surface area contributed by atoms with Crippen LogP contribution in [0.3, 0.4) is 0 Å². The first-order valence-corrected chi connectivity index (χ1v) is 4.64. The minimum atomic E-state index is -0.454. The lowest BCUT2D eigenvalue weighted by Gasteiger charge is -2.38. The molecule has 5 heteroatoms. The molecule has 62 valence electrons. The molecule has 11 heavy (non-hydrogen) atoms. The molecule has 0 saturated carbocycles. The molecule has 0 aromatic carbocycles. The summed E-state index contributed by atoms with van der Waals surface area (Å²) in [6.07, 6.45) is 0.933. The summed E-state index contributed by atoms with van der Waals surface area (Å²) < 4.78 is 1.69. The Morgan fingerprint density at radius 1 is 1.64 bits per heavy atom. The Kier molecular flexibility index (Phi) is 1.78. The fourth-order valence-corrected chi connectivity index (χ4v) is 2.28. The third kappa shape index (κ3) is 1.13. The molecule has 2 fully saturated rings. The first kappa shape index (κ1) is 7.39. The van der Waals surface area contributed by atoms with Crippen LogP contribution in [0.25, 0.3) is 0 Å². The van der Waals surface area contributed by atoms with Gasteiger partial charge in [-0.25, -0.2) is 0 Å². The summed E-state index contributed by atoms with van der Waals surface area (Å²) in [5, 5.41) is 11.0. The molecular formula is C6H10N2O2S. The monoisotopic (exact) mass is 174 g/mol. The predicted molar refractivity (Wildman–Crippen MR) is 41.3 cm³/mol. The average Bonchev–Trinajstić information content (AvgIpc) is 2.34. The van der Waals surface area contributed by atoms with E-state index in [2.05, 4.69) is 0 Å². The fraction of sp³-hybridized carbons (Fsp3) is 0.833. The van der Waals surface area contributed by atoms with E-state index in [4.69, 9.17) is 0 Å². The Morgan fingerprint density at radius 2 is 2.45 bits per heavy atom. The van der Waals surface area contributed by atoms with Crippen molar-refractivity contribution in [3.05, 3.63) is 0 Å². The number of aliphatic hydroxyl groups excluding tert-OH is 1. The van der Waals surface area contributed by atoms with E-state index < -0.39 is 6.23 Å². The SMILES string of the molecule is O=C1CCN1N1SCCC1O. The van der Waals surface area contributed by atoms with Crippen molar-refractivity contribution in [3.8, 4) is 0 Å². The highest BCUT2D eigenvalue weighted by Crippen LogP contribution is 2.30. The Bertz CT molecular complexity index is 187. The third-order valence-corrected chi connectivity index (χ3v) is 3.04. The van der Waals surface area contributed by atoms with Crippen molar-refractivity contribution in [2.75, 3.05) is 12.3 Å². The van der Waals surface area contributed by atoms with Gasteiger partial charge in [0.25, 0.3) is 0 Å². The summed E-state index contributed by atoms with van der Waals surface area (Å²) >= 11 is 1.53. The summed E-state index contributed by atoms with van der Waals surface area (Å²) in [4.78, 5) is 10.9. The highest BCUT2D eigenvalue weighted by atomic mass is 32.2. The molecule has 4 nitrogen and oxygen atoms in total. The van der Waals surface area contributed by atoms with E-state index in [-0.39, 0.29) is 5.91 Å². The summed E-state index contributed by atoms with van der Waals surface area (Å²) in [6.45, 7) is 0.767. The number of carbonyl (C=O) groups is 1. The second-order valence-corrected chi connectivity index (χ2v) is 3.71. The molecule has 0 radical (unpaired) electrons. The van der Waals surface area contributed by atoms with Crippen LogP contribution >= 0.6 is 11.9 Å². The molecular weight excluding hydrogens is 164 g/mol. The Hall–Kier alpha value is -0.260. The van der Waals surface area contributed by atoms with Gasteiger partial charge in [0, 0.05) is 18.7 Å². The van der Waals surface area contributed by atoms with Crippen LogP contribution in [0.15, 0.2) is 0 Å². The Labute approximate surface area is 69.3 Å². The number of hydrogen-bond donors (Lipinski definition) is 1. The number of carbonyl (C=O) groups excluding carboxylic acids is 1. The van der Waals surface area contributed by atoms with Crippen LogP contribution in [0.5, 0.6) is 0 Å². The van der Waals surface area contributed by atoms with Gasteiger partial charge in [-0.3, -0.25) is 9.80 Å². The highest BCUT2D eigenvalue weighted by Gasteiger charge is 2.36. The predicted octanol–water partition coefficient (Wildman–Crippen LogP) is -0.194. The molecule has 0 bridgehead atoms. The Balaban J connectivity index is 1.98. The second kappa shape index (κ2) is 2.66. The van der Waals surface area contributed by atoms with Gasteiger partial charge in [0.1, 0.15) is 6.23 Å². The molecule has 2 rings (SSSR count). The molecule has 1 atom stereocenters. The number of nitrogens with zero attached hydrogens (tertiary/aromatic N) is 2. The summed E-state index contributed by atoms with van der Waals surface area (Å²) in [5.74, 6) is 1.03. The van der Waals surface area contributed by atoms with Crippen molar-refractivity contribution in [2.24, 2.45) is 0 Å². The van der Waals surface area contributed by atoms with Crippen LogP contribution in [-0.4, -0.2) is 39.0 Å². The van der Waals surface area contributed by atoms with E-state index in [0.29, 0.717) is 6.42 Å². The summed E-state index contributed by atoms with van der Waals surface area (Å²) in [6, 6.07) is 0. The number of hydrogen-bond acceptors (Lipinski definition) is 4. The third-order valence-electron chi connectivity index (χ3n) is 1.92. The quantitative estimate of drug-likeness (QED) is 0.442. The minimum absolute atomic E-state index is 0.124. The lowest BCUT2D eigenvalue weighted by Crippen LogP contribution is -2.53. The van der Waals surface area contributed by atoms with E-state index in [1.807, 2.05) is 0 Å². The Morgan fingerprint density at radius 3 is 2.82 bits per heavy atom. The summed E-state index contributed by atoms with van der Waals surface area (Å²) in [5.41, 5.74) is 0. The molecule has 2 heterocycles. The molecule has 2 aliphatic heterocycles. The van der Waals surface area contributed by atoms with E-state index in [0.717, 1.165) is 18.7 Å². The van der Waals surface area contributed by atoms with Crippen molar-refractivity contribution >= 4 is 17.9 Å². The lowest BCUT2D eigenvalue weighted by atomic mass is 10.2. The van der Waals surface area contributed by atoms with Gasteiger partial charge in [-0.05, 0) is 6.42 Å². The van der Waals surface area contributed by atoms with Crippen LogP contribution in [-0.2, 0) is 4.79 Å². The van der Waals surface area contributed by atoms with Crippen molar-refractivity contribution in [3.63, 3.8) is 0 Å². The topological polar surface area (TPSA) is 43.8 Å². The van der Waals surface area contributed by atoms with Crippen LogP contribution < -0.4 is 0 Å². The van der Waals surface area contributed by atoms with Gasteiger partial charge in [0.2, 0.25) is 5.91 Å². The van der Waals surface area contributed by atoms with Crippen LogP contribution in [0.4, 0.5) is 0 Å². The zero-order chi connectivity index (χ0) is 7.84. The number of aliphatic hydroxyl groups is 1. The van der Waals surface area contributed by atoms with Crippen molar-refractivity contribution < 1.29 is 9.90 Å². The molecule has 1 unspecified atom stereocenters. The normalized spacial score (nSPS) is 32.6. The first-order chi connectivity index (χ1) is 5.29. The van der Waals surface area contributed by atoms with Crippen molar-refractivity contribution in [1.82, 2.24) is 9.42 Å². The van der Waals surface area contributed by atoms with Gasteiger partial charge in [-0.1, -0.05) is 11.9 Å². The van der Waals surface area contributed by atoms with E-state index >= 15 is 0 Å². The minimum Gasteiger partial charge on any atom is -0.376 e. The fourth-order valence-electron chi connectivity index (χ4n) is 1.19. The highest BCUT2D eigenvalue weighted by molar-refractivity contribution is 7.97. The molecule has 0 aromatic rings. The summed E-state index contributed by atoms with van der Waals surface area (Å²) in [7, 11) is 0. The zero-order valence-electron chi connectivity index (χ0n) is 6.06. The maximum Gasteiger partial charge on any atom is 0.239 e. The lowest BCUT2D eigenvalue weighted by molar-refractivity contribution is -0.164. The molecule has 0 aromatic heterocycles. The molecule has 2 aliphatic rings. The van der Waals surface area contributed by atoms with Gasteiger partial charge in [0.05, 0.1) is 0 Å². The number of β-lactam (4-membered cyclic amide) rings is 1. The average molecular weight is 174 g/mol. The molecule has 1 N–H and O–H groups in total. The van der Waals surface area contributed by atoms with Crippen molar-refractivity contribution in [2.45, 2.75) is 19.1 Å². The van der Waals surface area contributed by atoms with E-state index in [1.54, 1.807) is 9.42 Å². The zero-order valence-corrected chi connectivity index (χ0v) is 6.88. The van der Waals surface area contributed by atoms with Gasteiger partial charge in [-0.2, -0.15) is 0 Å². The largest absolute Gasteiger partial charge is 0.376 e. The second-order valence-electron chi connectivity index (χ2n) is 2.67. The van der Waals surface area contributed by atoms with Crippen LogP contribution in [0.1, 0.15) is 12.8 Å². The van der Waals surface area contributed by atoms with Gasteiger partial charge < -0.3 is 5.11 Å². The number of amides is 1. The van der Waals surface area contributed by atoms with E-state index in [9.17, 15) is 9.90 Å². The van der Waals surface area contributed by atoms with E-state index in [1.165, 1.54) is 11.9 Å². The number of rotatable bonds is 1. The van der Waals surface area contributed by atoms with Gasteiger partial charge in [0.15, 0.2) is 0 Å². The maximum atomic E-state index is 10.9. The molecule has 0 aliphatic carbocycles. The first-order valence-electron chi connectivity index (χ1n) is 3.69. The molecule has 2 saturated heterocycles. The van der Waals surface area contributed by atoms with Gasteiger partial charge >= 0.3 is 0 Å². The van der Waals surface area contributed by atoms with Crippen molar-refractivity contribution in [1.29, 1.82) is 0 Å². The molecule has 1 amide bonds. The number of hydrazine groups is 1. The smallest absolute Gasteiger partial charge is 0.239 e. The van der Waals surface area contributed by atoms with Crippen LogP contribution in [0, 0.1) is 0 Å². The maximum absolute atomic E-state index is 10.9. The van der Waals surface area contributed by atoms with Gasteiger partial charge in [-0.15, -0.1) is 4.41 Å². The standard InChI is InChI=1S/C6H10N2O2S/c9-5-1-3-7(5)8-6(10)2-4-11-8/h6,10H,1-4H2.